The zero-order valence-electron chi connectivity index (χ0n) is 23.5. The molecule has 4 aromatic rings. The highest BCUT2D eigenvalue weighted by atomic mass is 16.5. The number of aryl methyl sites for hydroxylation is 1. The van der Waals surface area contributed by atoms with Crippen molar-refractivity contribution in [2.45, 2.75) is 39.5 Å². The molecule has 212 valence electrons. The van der Waals surface area contributed by atoms with Crippen molar-refractivity contribution in [3.8, 4) is 5.75 Å². The molecule has 42 heavy (non-hydrogen) atoms. The quantitative estimate of drug-likeness (QED) is 0.119. The Balaban J connectivity index is 1.51. The number of carbonyl (C=O) groups excluding carboxylic acids is 3. The molecule has 3 aromatic carbocycles. The van der Waals surface area contributed by atoms with Gasteiger partial charge in [-0.3, -0.25) is 19.5 Å². The number of pyridine rings is 1. The number of carbonyl (C=O) groups is 3. The van der Waals surface area contributed by atoms with Gasteiger partial charge in [0.25, 0.3) is 11.7 Å². The maximum atomic E-state index is 13.5. The number of amides is 1. The number of hydrogen-bond acceptors (Lipinski definition) is 7. The number of aromatic nitrogens is 1. The predicted molar refractivity (Wildman–Crippen MR) is 158 cm³/mol. The number of esters is 1. The van der Waals surface area contributed by atoms with Crippen molar-refractivity contribution in [2.75, 3.05) is 4.90 Å². The second-order valence-corrected chi connectivity index (χ2v) is 10.2. The van der Waals surface area contributed by atoms with Crippen molar-refractivity contribution < 1.29 is 29.0 Å². The summed E-state index contributed by atoms with van der Waals surface area (Å²) in [5.74, 6) is -1.83. The number of rotatable bonds is 8. The SMILES string of the molecule is Cc1cc(/C(O)=C2/C(=O)C(=O)N(c3ccc(C(=O)OC(C)C)cc3)C2c2ccccn2)ccc1OCc1ccccc1. The fraction of sp³-hybridized carbons (Fsp3) is 0.176. The first-order valence-electron chi connectivity index (χ1n) is 13.6. The number of hydrogen-bond donors (Lipinski definition) is 1. The first-order chi connectivity index (χ1) is 20.2. The number of ether oxygens (including phenoxy) is 2. The molecule has 1 saturated heterocycles. The summed E-state index contributed by atoms with van der Waals surface area (Å²) in [6.07, 6.45) is 1.27. The lowest BCUT2D eigenvalue weighted by atomic mass is 9.97. The van der Waals surface area contributed by atoms with Gasteiger partial charge in [0.05, 0.1) is 22.9 Å². The molecular weight excluding hydrogens is 532 g/mol. The molecule has 1 aromatic heterocycles. The molecule has 0 saturated carbocycles. The van der Waals surface area contributed by atoms with E-state index in [0.29, 0.717) is 34.9 Å². The second kappa shape index (κ2) is 12.1. The fourth-order valence-corrected chi connectivity index (χ4v) is 4.81. The van der Waals surface area contributed by atoms with Crippen molar-refractivity contribution in [3.63, 3.8) is 0 Å². The van der Waals surface area contributed by atoms with E-state index in [2.05, 4.69) is 4.98 Å². The molecule has 1 unspecified atom stereocenters. The molecule has 1 amide bonds. The zero-order valence-corrected chi connectivity index (χ0v) is 23.5. The van der Waals surface area contributed by atoms with Crippen LogP contribution in [0.1, 0.15) is 52.6 Å². The summed E-state index contributed by atoms with van der Waals surface area (Å²) in [7, 11) is 0. The van der Waals surface area contributed by atoms with Crippen LogP contribution in [0.4, 0.5) is 5.69 Å². The van der Waals surface area contributed by atoms with Gasteiger partial charge in [-0.05, 0) is 86.5 Å². The van der Waals surface area contributed by atoms with Crippen molar-refractivity contribution in [1.29, 1.82) is 0 Å². The number of benzene rings is 3. The van der Waals surface area contributed by atoms with Gasteiger partial charge in [0.1, 0.15) is 24.2 Å². The molecule has 1 N–H and O–H groups in total. The Morgan fingerprint density at radius 2 is 1.62 bits per heavy atom. The molecule has 8 nitrogen and oxygen atoms in total. The van der Waals surface area contributed by atoms with Gasteiger partial charge in [0, 0.05) is 17.4 Å². The molecule has 0 aliphatic carbocycles. The highest BCUT2D eigenvalue weighted by Crippen LogP contribution is 2.42. The predicted octanol–water partition coefficient (Wildman–Crippen LogP) is 6.16. The van der Waals surface area contributed by atoms with Crippen molar-refractivity contribution in [2.24, 2.45) is 0 Å². The van der Waals surface area contributed by atoms with Gasteiger partial charge < -0.3 is 14.6 Å². The number of anilines is 1. The molecule has 1 aliphatic rings. The summed E-state index contributed by atoms with van der Waals surface area (Å²) in [6.45, 7) is 5.74. The lowest BCUT2D eigenvalue weighted by Crippen LogP contribution is -2.29. The highest BCUT2D eigenvalue weighted by molar-refractivity contribution is 6.51. The lowest BCUT2D eigenvalue weighted by Gasteiger charge is -2.24. The van der Waals surface area contributed by atoms with Gasteiger partial charge in [0.2, 0.25) is 0 Å². The molecular formula is C34H30N2O6. The van der Waals surface area contributed by atoms with Crippen molar-refractivity contribution >= 4 is 29.1 Å². The van der Waals surface area contributed by atoms with Crippen LogP contribution in [-0.4, -0.2) is 33.9 Å². The van der Waals surface area contributed by atoms with Crippen LogP contribution in [0.15, 0.2) is 103 Å². The van der Waals surface area contributed by atoms with Crippen molar-refractivity contribution in [1.82, 2.24) is 4.98 Å². The zero-order chi connectivity index (χ0) is 29.8. The van der Waals surface area contributed by atoms with Gasteiger partial charge in [0.15, 0.2) is 0 Å². The smallest absolute Gasteiger partial charge is 0.338 e. The van der Waals surface area contributed by atoms with E-state index in [-0.39, 0.29) is 17.4 Å². The van der Waals surface area contributed by atoms with E-state index in [1.807, 2.05) is 37.3 Å². The molecule has 0 radical (unpaired) electrons. The molecule has 0 spiro atoms. The summed E-state index contributed by atoms with van der Waals surface area (Å²) in [4.78, 5) is 44.9. The van der Waals surface area contributed by atoms with Crippen LogP contribution in [-0.2, 0) is 20.9 Å². The van der Waals surface area contributed by atoms with E-state index in [0.717, 1.165) is 11.1 Å². The first-order valence-corrected chi connectivity index (χ1v) is 13.6. The van der Waals surface area contributed by atoms with Crippen LogP contribution in [0.3, 0.4) is 0 Å². The number of aliphatic hydroxyl groups is 1. The summed E-state index contributed by atoms with van der Waals surface area (Å²) in [6, 6.07) is 25.2. The third kappa shape index (κ3) is 5.78. The molecule has 1 fully saturated rings. The third-order valence-corrected chi connectivity index (χ3v) is 6.82. The minimum atomic E-state index is -0.992. The third-order valence-electron chi connectivity index (χ3n) is 6.82. The Morgan fingerprint density at radius 3 is 2.26 bits per heavy atom. The second-order valence-electron chi connectivity index (χ2n) is 10.2. The van der Waals surface area contributed by atoms with E-state index in [1.54, 1.807) is 68.6 Å². The van der Waals surface area contributed by atoms with E-state index in [1.165, 1.54) is 17.0 Å². The minimum Gasteiger partial charge on any atom is -0.507 e. The Morgan fingerprint density at radius 1 is 0.929 bits per heavy atom. The average Bonchev–Trinajstić information content (AvgIpc) is 3.26. The normalized spacial score (nSPS) is 16.1. The number of aliphatic hydroxyl groups excluding tert-OH is 1. The lowest BCUT2D eigenvalue weighted by molar-refractivity contribution is -0.132. The molecule has 5 rings (SSSR count). The van der Waals surface area contributed by atoms with Crippen LogP contribution in [0, 0.1) is 6.92 Å². The highest BCUT2D eigenvalue weighted by Gasteiger charge is 2.47. The van der Waals surface area contributed by atoms with Crippen LogP contribution >= 0.6 is 0 Å². The van der Waals surface area contributed by atoms with E-state index >= 15 is 0 Å². The molecule has 1 aliphatic heterocycles. The van der Waals surface area contributed by atoms with Gasteiger partial charge in [-0.15, -0.1) is 0 Å². The van der Waals surface area contributed by atoms with Crippen LogP contribution < -0.4 is 9.64 Å². The molecule has 2 heterocycles. The van der Waals surface area contributed by atoms with E-state index < -0.39 is 23.7 Å². The monoisotopic (exact) mass is 562 g/mol. The Kier molecular flexibility index (Phi) is 8.15. The number of nitrogens with zero attached hydrogens (tertiary/aromatic N) is 2. The van der Waals surface area contributed by atoms with Crippen LogP contribution in [0.2, 0.25) is 0 Å². The Labute approximate surface area is 243 Å². The maximum Gasteiger partial charge on any atom is 0.338 e. The molecule has 0 bridgehead atoms. The van der Waals surface area contributed by atoms with Gasteiger partial charge in [-0.2, -0.15) is 0 Å². The van der Waals surface area contributed by atoms with Crippen molar-refractivity contribution in [3.05, 3.63) is 131 Å². The number of Topliss-reactive ketones (excluding diaryl/α,β-unsaturated/α-hetero) is 1. The van der Waals surface area contributed by atoms with E-state index in [9.17, 15) is 19.5 Å². The Hall–Kier alpha value is -5.24. The Bertz CT molecular complexity index is 1650. The standard InChI is InChI=1S/C34H30N2O6/c1-21(2)42-34(40)24-12-15-26(16-13-24)36-30(27-11-7-8-18-35-27)29(32(38)33(36)39)31(37)25-14-17-28(22(3)19-25)41-20-23-9-5-4-6-10-23/h4-19,21,30,37H,20H2,1-3H3/b31-29-. The first kappa shape index (κ1) is 28.3. The van der Waals surface area contributed by atoms with Gasteiger partial charge in [-0.25, -0.2) is 4.79 Å². The molecule has 1 atom stereocenters. The summed E-state index contributed by atoms with van der Waals surface area (Å²) >= 11 is 0. The minimum absolute atomic E-state index is 0.0839. The maximum absolute atomic E-state index is 13.5. The van der Waals surface area contributed by atoms with E-state index in [4.69, 9.17) is 9.47 Å². The van der Waals surface area contributed by atoms with Crippen LogP contribution in [0.5, 0.6) is 5.75 Å². The van der Waals surface area contributed by atoms with Gasteiger partial charge >= 0.3 is 5.97 Å². The fourth-order valence-electron chi connectivity index (χ4n) is 4.81. The summed E-state index contributed by atoms with van der Waals surface area (Å²) < 4.78 is 11.2. The summed E-state index contributed by atoms with van der Waals surface area (Å²) in [5, 5.41) is 11.5. The largest absolute Gasteiger partial charge is 0.507 e. The average molecular weight is 563 g/mol. The number of ketones is 1. The molecule has 8 heteroatoms. The topological polar surface area (TPSA) is 106 Å². The summed E-state index contributed by atoms with van der Waals surface area (Å²) in [5.41, 5.74) is 3.13. The van der Waals surface area contributed by atoms with Gasteiger partial charge in [-0.1, -0.05) is 36.4 Å². The van der Waals surface area contributed by atoms with Crippen LogP contribution in [0.25, 0.3) is 5.76 Å².